The predicted molar refractivity (Wildman–Crippen MR) is 79.8 cm³/mol. The maximum Gasteiger partial charge on any atom is 0.227 e. The van der Waals surface area contributed by atoms with Crippen molar-refractivity contribution in [3.63, 3.8) is 0 Å². The Bertz CT molecular complexity index is 656. The summed E-state index contributed by atoms with van der Waals surface area (Å²) in [5.41, 5.74) is 4.44. The minimum Gasteiger partial charge on any atom is -0.338 e. The van der Waals surface area contributed by atoms with Crippen molar-refractivity contribution in [3.8, 4) is 0 Å². The highest BCUT2D eigenvalue weighted by molar-refractivity contribution is 7.10. The third-order valence-electron chi connectivity index (χ3n) is 4.15. The van der Waals surface area contributed by atoms with Gasteiger partial charge in [0.05, 0.1) is 12.1 Å². The van der Waals surface area contributed by atoms with E-state index in [1.165, 1.54) is 10.4 Å². The van der Waals surface area contributed by atoms with Crippen LogP contribution in [0.3, 0.4) is 0 Å². The van der Waals surface area contributed by atoms with Crippen LogP contribution in [0.2, 0.25) is 0 Å². The van der Waals surface area contributed by atoms with Crippen molar-refractivity contribution in [2.24, 2.45) is 7.05 Å². The summed E-state index contributed by atoms with van der Waals surface area (Å²) in [6, 6.07) is 2.14. The first-order valence-electron chi connectivity index (χ1n) is 6.88. The Morgan fingerprint density at radius 3 is 2.95 bits per heavy atom. The van der Waals surface area contributed by atoms with Gasteiger partial charge in [-0.1, -0.05) is 0 Å². The monoisotopic (exact) mass is 289 g/mol. The second-order valence-electron chi connectivity index (χ2n) is 5.38. The van der Waals surface area contributed by atoms with Crippen LogP contribution < -0.4 is 0 Å². The van der Waals surface area contributed by atoms with Crippen molar-refractivity contribution < 1.29 is 4.79 Å². The first kappa shape index (κ1) is 13.4. The largest absolute Gasteiger partial charge is 0.338 e. The molecule has 2 aromatic rings. The van der Waals surface area contributed by atoms with Crippen LogP contribution in [-0.4, -0.2) is 27.1 Å². The topological polar surface area (TPSA) is 38.1 Å². The van der Waals surface area contributed by atoms with E-state index in [1.807, 2.05) is 30.5 Å². The molecule has 0 spiro atoms. The Labute approximate surface area is 123 Å². The number of rotatable bonds is 2. The van der Waals surface area contributed by atoms with E-state index in [4.69, 9.17) is 0 Å². The van der Waals surface area contributed by atoms with Crippen molar-refractivity contribution in [1.29, 1.82) is 0 Å². The van der Waals surface area contributed by atoms with E-state index in [-0.39, 0.29) is 5.91 Å². The van der Waals surface area contributed by atoms with Gasteiger partial charge in [-0.15, -0.1) is 11.3 Å². The molecule has 5 heteroatoms. The molecule has 106 valence electrons. The fraction of sp³-hybridized carbons (Fsp3) is 0.467. The zero-order valence-corrected chi connectivity index (χ0v) is 13.0. The van der Waals surface area contributed by atoms with Crippen LogP contribution in [0.15, 0.2) is 11.4 Å². The highest BCUT2D eigenvalue weighted by Gasteiger charge is 2.23. The van der Waals surface area contributed by atoms with Crippen molar-refractivity contribution >= 4 is 17.2 Å². The molecule has 0 radical (unpaired) electrons. The Balaban J connectivity index is 1.74. The maximum atomic E-state index is 12.5. The van der Waals surface area contributed by atoms with Crippen LogP contribution in [-0.2, 0) is 31.2 Å². The average Bonchev–Trinajstić information content (AvgIpc) is 2.98. The number of thiophene rings is 1. The number of fused-ring (bicyclic) bond motifs is 1. The highest BCUT2D eigenvalue weighted by atomic mass is 32.1. The lowest BCUT2D eigenvalue weighted by Crippen LogP contribution is -2.36. The van der Waals surface area contributed by atoms with E-state index in [0.717, 1.165) is 36.5 Å². The lowest BCUT2D eigenvalue weighted by molar-refractivity contribution is -0.131. The van der Waals surface area contributed by atoms with Gasteiger partial charge >= 0.3 is 0 Å². The third-order valence-corrected chi connectivity index (χ3v) is 5.17. The minimum atomic E-state index is 0.209. The molecule has 3 rings (SSSR count). The van der Waals surface area contributed by atoms with E-state index < -0.39 is 0 Å². The van der Waals surface area contributed by atoms with Crippen LogP contribution in [0.25, 0.3) is 0 Å². The summed E-state index contributed by atoms with van der Waals surface area (Å²) in [5.74, 6) is 0.209. The van der Waals surface area contributed by atoms with Gasteiger partial charge in [0.2, 0.25) is 5.91 Å². The quantitative estimate of drug-likeness (QED) is 0.850. The smallest absolute Gasteiger partial charge is 0.227 e. The fourth-order valence-corrected chi connectivity index (χ4v) is 3.69. The molecule has 1 aliphatic rings. The van der Waals surface area contributed by atoms with E-state index in [1.54, 1.807) is 11.3 Å². The third kappa shape index (κ3) is 2.26. The average molecular weight is 289 g/mol. The molecular formula is C15H19N3OS. The molecule has 0 saturated carbocycles. The number of hydrogen-bond donors (Lipinski definition) is 0. The van der Waals surface area contributed by atoms with Crippen molar-refractivity contribution in [3.05, 3.63) is 38.8 Å². The van der Waals surface area contributed by atoms with Gasteiger partial charge in [0.25, 0.3) is 0 Å². The zero-order chi connectivity index (χ0) is 14.3. The molecule has 0 aliphatic carbocycles. The lowest BCUT2D eigenvalue weighted by atomic mass is 10.1. The molecule has 4 nitrogen and oxygen atoms in total. The van der Waals surface area contributed by atoms with Gasteiger partial charge in [0.1, 0.15) is 0 Å². The standard InChI is InChI=1S/C15H19N3OS/c1-10-13(11(2)17(3)16-10)8-15(19)18-6-4-14-12(9-18)5-7-20-14/h5,7H,4,6,8-9H2,1-3H3. The van der Waals surface area contributed by atoms with Gasteiger partial charge in [0, 0.05) is 36.3 Å². The molecule has 1 amide bonds. The summed E-state index contributed by atoms with van der Waals surface area (Å²) < 4.78 is 1.85. The van der Waals surface area contributed by atoms with Gasteiger partial charge in [-0.2, -0.15) is 5.10 Å². The van der Waals surface area contributed by atoms with Crippen molar-refractivity contribution in [2.75, 3.05) is 6.54 Å². The summed E-state index contributed by atoms with van der Waals surface area (Å²) >= 11 is 1.80. The van der Waals surface area contributed by atoms with E-state index >= 15 is 0 Å². The molecule has 0 fully saturated rings. The van der Waals surface area contributed by atoms with E-state index in [0.29, 0.717) is 6.42 Å². The second kappa shape index (κ2) is 5.05. The first-order chi connectivity index (χ1) is 9.56. The summed E-state index contributed by atoms with van der Waals surface area (Å²) in [6.07, 6.45) is 1.45. The second-order valence-corrected chi connectivity index (χ2v) is 6.38. The van der Waals surface area contributed by atoms with Gasteiger partial charge in [0.15, 0.2) is 0 Å². The Hall–Kier alpha value is -1.62. The van der Waals surface area contributed by atoms with Crippen LogP contribution in [0.4, 0.5) is 0 Å². The van der Waals surface area contributed by atoms with Gasteiger partial charge < -0.3 is 4.90 Å². The van der Waals surface area contributed by atoms with Gasteiger partial charge in [-0.25, -0.2) is 0 Å². The van der Waals surface area contributed by atoms with Crippen molar-refractivity contribution in [2.45, 2.75) is 33.2 Å². The summed E-state index contributed by atoms with van der Waals surface area (Å²) in [7, 11) is 1.93. The molecule has 0 saturated heterocycles. The van der Waals surface area contributed by atoms with Crippen LogP contribution in [0.5, 0.6) is 0 Å². The molecular weight excluding hydrogens is 270 g/mol. The van der Waals surface area contributed by atoms with Crippen LogP contribution in [0, 0.1) is 13.8 Å². The number of aromatic nitrogens is 2. The van der Waals surface area contributed by atoms with E-state index in [2.05, 4.69) is 16.5 Å². The minimum absolute atomic E-state index is 0.209. The number of carbonyl (C=O) groups is 1. The Morgan fingerprint density at radius 1 is 1.45 bits per heavy atom. The fourth-order valence-electron chi connectivity index (χ4n) is 2.80. The summed E-state index contributed by atoms with van der Waals surface area (Å²) in [5, 5.41) is 6.50. The highest BCUT2D eigenvalue weighted by Crippen LogP contribution is 2.24. The molecule has 3 heterocycles. The molecule has 0 bridgehead atoms. The zero-order valence-electron chi connectivity index (χ0n) is 12.1. The normalized spacial score (nSPS) is 14.4. The van der Waals surface area contributed by atoms with Crippen LogP contribution >= 0.6 is 11.3 Å². The van der Waals surface area contributed by atoms with E-state index in [9.17, 15) is 4.79 Å². The van der Waals surface area contributed by atoms with Gasteiger partial charge in [-0.05, 0) is 37.3 Å². The Kier molecular flexibility index (Phi) is 3.38. The lowest BCUT2D eigenvalue weighted by Gasteiger charge is -2.27. The molecule has 0 unspecified atom stereocenters. The molecule has 20 heavy (non-hydrogen) atoms. The molecule has 1 aliphatic heterocycles. The Morgan fingerprint density at radius 2 is 2.25 bits per heavy atom. The van der Waals surface area contributed by atoms with Crippen LogP contribution in [0.1, 0.15) is 27.4 Å². The number of aryl methyl sites for hydroxylation is 2. The molecule has 0 aromatic carbocycles. The number of amides is 1. The maximum absolute atomic E-state index is 12.5. The predicted octanol–water partition coefficient (Wildman–Crippen LogP) is 2.23. The number of hydrogen-bond acceptors (Lipinski definition) is 3. The summed E-state index contributed by atoms with van der Waals surface area (Å²) in [6.45, 7) is 5.60. The summed E-state index contributed by atoms with van der Waals surface area (Å²) in [4.78, 5) is 15.9. The molecule has 0 atom stereocenters. The molecule has 0 N–H and O–H groups in total. The number of carbonyl (C=O) groups excluding carboxylic acids is 1. The van der Waals surface area contributed by atoms with Gasteiger partial charge in [-0.3, -0.25) is 9.48 Å². The van der Waals surface area contributed by atoms with Crippen molar-refractivity contribution in [1.82, 2.24) is 14.7 Å². The number of nitrogens with zero attached hydrogens (tertiary/aromatic N) is 3. The SMILES string of the molecule is Cc1nn(C)c(C)c1CC(=O)N1CCc2sccc2C1. The molecule has 2 aromatic heterocycles. The first-order valence-corrected chi connectivity index (χ1v) is 7.76.